The molecule has 2 aromatic rings. The summed E-state index contributed by atoms with van der Waals surface area (Å²) in [6, 6.07) is 16.4. The fourth-order valence-electron chi connectivity index (χ4n) is 2.95. The summed E-state index contributed by atoms with van der Waals surface area (Å²) in [6.07, 6.45) is 1.92. The Morgan fingerprint density at radius 2 is 1.88 bits per heavy atom. The zero-order valence-corrected chi connectivity index (χ0v) is 15.3. The summed E-state index contributed by atoms with van der Waals surface area (Å²) >= 11 is 3.42. The maximum absolute atomic E-state index is 12.4. The minimum atomic E-state index is -0.0255. The van der Waals surface area contributed by atoms with E-state index in [4.69, 9.17) is 0 Å². The molecule has 0 saturated carbocycles. The third-order valence-corrected chi connectivity index (χ3v) is 4.86. The first-order valence-electron chi connectivity index (χ1n) is 8.25. The van der Waals surface area contributed by atoms with Gasteiger partial charge in [0.15, 0.2) is 0 Å². The van der Waals surface area contributed by atoms with Crippen LogP contribution in [0.3, 0.4) is 0 Å². The van der Waals surface area contributed by atoms with Crippen molar-refractivity contribution in [2.24, 2.45) is 0 Å². The highest BCUT2D eigenvalue weighted by molar-refractivity contribution is 9.10. The van der Waals surface area contributed by atoms with Crippen LogP contribution in [0.4, 0.5) is 16.2 Å². The highest BCUT2D eigenvalue weighted by Crippen LogP contribution is 2.21. The van der Waals surface area contributed by atoms with Crippen LogP contribution < -0.4 is 10.6 Å². The SMILES string of the molecule is Cc1ccccc1NC1CCN(C(=O)Nc2cccc(Br)c2)CC1. The number of carbonyl (C=O) groups excluding carboxylic acids is 1. The van der Waals surface area contributed by atoms with Crippen molar-refractivity contribution in [3.8, 4) is 0 Å². The number of likely N-dealkylation sites (tertiary alicyclic amines) is 1. The lowest BCUT2D eigenvalue weighted by atomic mass is 10.0. The number of hydrogen-bond donors (Lipinski definition) is 2. The molecule has 3 rings (SSSR count). The van der Waals surface area contributed by atoms with Gasteiger partial charge in [0.05, 0.1) is 0 Å². The van der Waals surface area contributed by atoms with E-state index in [2.05, 4.69) is 57.8 Å². The Morgan fingerprint density at radius 1 is 1.12 bits per heavy atom. The van der Waals surface area contributed by atoms with Crippen LogP contribution in [-0.2, 0) is 0 Å². The van der Waals surface area contributed by atoms with Crippen LogP contribution in [0.15, 0.2) is 53.0 Å². The lowest BCUT2D eigenvalue weighted by molar-refractivity contribution is 0.197. The Kier molecular flexibility index (Phi) is 5.41. The third-order valence-electron chi connectivity index (χ3n) is 4.36. The van der Waals surface area contributed by atoms with Gasteiger partial charge in [0.1, 0.15) is 0 Å². The first-order valence-corrected chi connectivity index (χ1v) is 9.05. The van der Waals surface area contributed by atoms with E-state index in [1.165, 1.54) is 11.3 Å². The molecule has 1 fully saturated rings. The highest BCUT2D eigenvalue weighted by Gasteiger charge is 2.23. The molecule has 1 heterocycles. The Balaban J connectivity index is 1.51. The summed E-state index contributed by atoms with van der Waals surface area (Å²) in [5, 5.41) is 6.56. The summed E-state index contributed by atoms with van der Waals surface area (Å²) in [4.78, 5) is 14.3. The standard InChI is InChI=1S/C19H22BrN3O/c1-14-5-2-3-8-18(14)21-16-9-11-23(12-10-16)19(24)22-17-7-4-6-15(20)13-17/h2-8,13,16,21H,9-12H2,1H3,(H,22,24). The van der Waals surface area contributed by atoms with Gasteiger partial charge in [0.2, 0.25) is 0 Å². The minimum absolute atomic E-state index is 0.0255. The largest absolute Gasteiger partial charge is 0.382 e. The predicted octanol–water partition coefficient (Wildman–Crippen LogP) is 4.87. The van der Waals surface area contributed by atoms with Crippen molar-refractivity contribution in [2.45, 2.75) is 25.8 Å². The summed E-state index contributed by atoms with van der Waals surface area (Å²) in [5.74, 6) is 0. The van der Waals surface area contributed by atoms with Crippen molar-refractivity contribution < 1.29 is 4.79 Å². The second-order valence-electron chi connectivity index (χ2n) is 6.16. The normalized spacial score (nSPS) is 15.2. The number of rotatable bonds is 3. The van der Waals surface area contributed by atoms with Crippen molar-refractivity contribution in [3.05, 3.63) is 58.6 Å². The first kappa shape index (κ1) is 16.8. The molecule has 24 heavy (non-hydrogen) atoms. The summed E-state index contributed by atoms with van der Waals surface area (Å²) in [7, 11) is 0. The molecule has 2 N–H and O–H groups in total. The van der Waals surface area contributed by atoms with E-state index < -0.39 is 0 Å². The second-order valence-corrected chi connectivity index (χ2v) is 7.08. The van der Waals surface area contributed by atoms with E-state index in [-0.39, 0.29) is 6.03 Å². The summed E-state index contributed by atoms with van der Waals surface area (Å²) in [5.41, 5.74) is 3.26. The molecule has 0 aromatic heterocycles. The van der Waals surface area contributed by atoms with Gasteiger partial charge in [-0.2, -0.15) is 0 Å². The smallest absolute Gasteiger partial charge is 0.321 e. The van der Waals surface area contributed by atoms with Crippen molar-refractivity contribution in [2.75, 3.05) is 23.7 Å². The molecule has 0 unspecified atom stereocenters. The summed E-state index contributed by atoms with van der Waals surface area (Å²) in [6.45, 7) is 3.65. The van der Waals surface area contributed by atoms with Crippen molar-refractivity contribution >= 4 is 33.3 Å². The van der Waals surface area contributed by atoms with Crippen LogP contribution in [-0.4, -0.2) is 30.1 Å². The van der Waals surface area contributed by atoms with Crippen LogP contribution in [0.5, 0.6) is 0 Å². The molecular weight excluding hydrogens is 366 g/mol. The summed E-state index contributed by atoms with van der Waals surface area (Å²) < 4.78 is 0.960. The highest BCUT2D eigenvalue weighted by atomic mass is 79.9. The van der Waals surface area contributed by atoms with Gasteiger partial charge in [0, 0.05) is 35.0 Å². The van der Waals surface area contributed by atoms with Gasteiger partial charge >= 0.3 is 6.03 Å². The van der Waals surface area contributed by atoms with E-state index in [1.54, 1.807) is 0 Å². The van der Waals surface area contributed by atoms with Gasteiger partial charge in [-0.25, -0.2) is 4.79 Å². The monoisotopic (exact) mass is 387 g/mol. The fourth-order valence-corrected chi connectivity index (χ4v) is 3.35. The number of nitrogens with one attached hydrogen (secondary N) is 2. The molecule has 126 valence electrons. The fraction of sp³-hybridized carbons (Fsp3) is 0.316. The number of para-hydroxylation sites is 1. The average molecular weight is 388 g/mol. The number of hydrogen-bond acceptors (Lipinski definition) is 2. The number of aryl methyl sites for hydroxylation is 1. The predicted molar refractivity (Wildman–Crippen MR) is 103 cm³/mol. The molecule has 0 radical (unpaired) electrons. The molecule has 2 aromatic carbocycles. The van der Waals surface area contributed by atoms with E-state index in [0.717, 1.165) is 36.1 Å². The lowest BCUT2D eigenvalue weighted by Gasteiger charge is -2.33. The van der Waals surface area contributed by atoms with Gasteiger partial charge in [-0.15, -0.1) is 0 Å². The van der Waals surface area contributed by atoms with Gasteiger partial charge in [-0.1, -0.05) is 40.2 Å². The van der Waals surface area contributed by atoms with Gasteiger partial charge in [-0.05, 0) is 49.6 Å². The molecule has 0 aliphatic carbocycles. The molecule has 4 nitrogen and oxygen atoms in total. The average Bonchev–Trinajstić information content (AvgIpc) is 2.57. The molecule has 1 saturated heterocycles. The molecule has 5 heteroatoms. The van der Waals surface area contributed by atoms with Crippen LogP contribution >= 0.6 is 15.9 Å². The number of piperidine rings is 1. The lowest BCUT2D eigenvalue weighted by Crippen LogP contribution is -2.44. The van der Waals surface area contributed by atoms with Crippen LogP contribution in [0.25, 0.3) is 0 Å². The quantitative estimate of drug-likeness (QED) is 0.788. The molecule has 0 spiro atoms. The second kappa shape index (κ2) is 7.71. The van der Waals surface area contributed by atoms with E-state index in [0.29, 0.717) is 6.04 Å². The Labute approximate surface area is 151 Å². The molecule has 0 bridgehead atoms. The molecule has 2 amide bonds. The molecule has 1 aliphatic rings. The Morgan fingerprint density at radius 3 is 2.58 bits per heavy atom. The van der Waals surface area contributed by atoms with E-state index in [9.17, 15) is 4.79 Å². The van der Waals surface area contributed by atoms with Crippen LogP contribution in [0, 0.1) is 6.92 Å². The topological polar surface area (TPSA) is 44.4 Å². The van der Waals surface area contributed by atoms with E-state index >= 15 is 0 Å². The zero-order valence-electron chi connectivity index (χ0n) is 13.8. The molecule has 1 aliphatic heterocycles. The number of benzene rings is 2. The van der Waals surface area contributed by atoms with Crippen LogP contribution in [0.2, 0.25) is 0 Å². The maximum Gasteiger partial charge on any atom is 0.321 e. The third kappa shape index (κ3) is 4.29. The number of amides is 2. The van der Waals surface area contributed by atoms with Gasteiger partial charge < -0.3 is 15.5 Å². The number of urea groups is 1. The zero-order chi connectivity index (χ0) is 16.9. The molecular formula is C19H22BrN3O. The number of anilines is 2. The minimum Gasteiger partial charge on any atom is -0.382 e. The Hall–Kier alpha value is -2.01. The van der Waals surface area contributed by atoms with E-state index in [1.807, 2.05) is 29.2 Å². The van der Waals surface area contributed by atoms with Crippen molar-refractivity contribution in [3.63, 3.8) is 0 Å². The number of nitrogens with zero attached hydrogens (tertiary/aromatic N) is 1. The number of halogens is 1. The number of carbonyl (C=O) groups is 1. The maximum atomic E-state index is 12.4. The van der Waals surface area contributed by atoms with Crippen molar-refractivity contribution in [1.29, 1.82) is 0 Å². The van der Waals surface area contributed by atoms with Gasteiger partial charge in [0.25, 0.3) is 0 Å². The molecule has 0 atom stereocenters. The van der Waals surface area contributed by atoms with Crippen LogP contribution in [0.1, 0.15) is 18.4 Å². The van der Waals surface area contributed by atoms with Crippen molar-refractivity contribution in [1.82, 2.24) is 4.90 Å². The Bertz CT molecular complexity index is 711. The first-order chi connectivity index (χ1) is 11.6. The van der Waals surface area contributed by atoms with Gasteiger partial charge in [-0.3, -0.25) is 0 Å².